The van der Waals surface area contributed by atoms with Crippen LogP contribution in [0.4, 0.5) is 5.69 Å². The number of anilines is 1. The van der Waals surface area contributed by atoms with E-state index in [0.717, 1.165) is 11.4 Å². The Kier molecular flexibility index (Phi) is 2.93. The van der Waals surface area contributed by atoms with Gasteiger partial charge in [0.05, 0.1) is 23.3 Å². The quantitative estimate of drug-likeness (QED) is 0.778. The van der Waals surface area contributed by atoms with Crippen molar-refractivity contribution in [2.45, 2.75) is 0 Å². The third-order valence-electron chi connectivity index (χ3n) is 2.72. The van der Waals surface area contributed by atoms with Gasteiger partial charge in [0.2, 0.25) is 0 Å². The van der Waals surface area contributed by atoms with E-state index in [2.05, 4.69) is 10.1 Å². The maximum absolute atomic E-state index is 5.99. The lowest BCUT2D eigenvalue weighted by Crippen LogP contribution is -1.94. The van der Waals surface area contributed by atoms with Crippen molar-refractivity contribution in [1.29, 1.82) is 0 Å². The van der Waals surface area contributed by atoms with Crippen LogP contribution in [0.1, 0.15) is 0 Å². The van der Waals surface area contributed by atoms with Crippen LogP contribution in [0.15, 0.2) is 54.9 Å². The summed E-state index contributed by atoms with van der Waals surface area (Å²) in [5, 5.41) is 5.12. The number of halogens is 1. The van der Waals surface area contributed by atoms with Crippen molar-refractivity contribution >= 4 is 17.3 Å². The molecule has 0 saturated heterocycles. The Morgan fingerprint density at radius 2 is 2.00 bits per heavy atom. The summed E-state index contributed by atoms with van der Waals surface area (Å²) in [5.41, 5.74) is 8.85. The highest BCUT2D eigenvalue weighted by Crippen LogP contribution is 2.24. The van der Waals surface area contributed by atoms with Gasteiger partial charge in [-0.15, -0.1) is 0 Å². The third-order valence-corrected chi connectivity index (χ3v) is 2.96. The summed E-state index contributed by atoms with van der Waals surface area (Å²) in [6.45, 7) is 0. The van der Waals surface area contributed by atoms with Gasteiger partial charge in [-0.1, -0.05) is 23.7 Å². The summed E-state index contributed by atoms with van der Waals surface area (Å²) in [7, 11) is 0. The maximum atomic E-state index is 5.99. The average Bonchev–Trinajstić information content (AvgIpc) is 2.82. The fourth-order valence-corrected chi connectivity index (χ4v) is 2.02. The molecular weight excluding hydrogens is 260 g/mol. The van der Waals surface area contributed by atoms with Crippen LogP contribution in [-0.4, -0.2) is 14.8 Å². The highest BCUT2D eigenvalue weighted by molar-refractivity contribution is 6.30. The van der Waals surface area contributed by atoms with Crippen LogP contribution in [0.5, 0.6) is 0 Å². The van der Waals surface area contributed by atoms with Crippen LogP contribution < -0.4 is 5.73 Å². The van der Waals surface area contributed by atoms with E-state index in [1.807, 2.05) is 42.5 Å². The summed E-state index contributed by atoms with van der Waals surface area (Å²) in [6, 6.07) is 13.1. The molecule has 1 aromatic carbocycles. The maximum Gasteiger partial charge on any atom is 0.134 e. The van der Waals surface area contributed by atoms with Crippen molar-refractivity contribution in [1.82, 2.24) is 14.8 Å². The molecule has 3 aromatic rings. The van der Waals surface area contributed by atoms with E-state index in [1.54, 1.807) is 17.1 Å². The summed E-state index contributed by atoms with van der Waals surface area (Å²) in [4.78, 5) is 4.25. The topological polar surface area (TPSA) is 56.7 Å². The van der Waals surface area contributed by atoms with Gasteiger partial charge in [0.15, 0.2) is 0 Å². The molecule has 0 amide bonds. The highest BCUT2D eigenvalue weighted by Gasteiger charge is 2.10. The van der Waals surface area contributed by atoms with Crippen LogP contribution in [0.25, 0.3) is 17.1 Å². The largest absolute Gasteiger partial charge is 0.396 e. The van der Waals surface area contributed by atoms with Crippen molar-refractivity contribution in [3.05, 3.63) is 59.9 Å². The zero-order valence-corrected chi connectivity index (χ0v) is 10.7. The van der Waals surface area contributed by atoms with Crippen LogP contribution >= 0.6 is 11.6 Å². The molecule has 0 aliphatic rings. The highest BCUT2D eigenvalue weighted by atomic mass is 35.5. The Hall–Kier alpha value is -2.33. The molecule has 3 rings (SSSR count). The first kappa shape index (κ1) is 11.7. The number of pyridine rings is 1. The van der Waals surface area contributed by atoms with Gasteiger partial charge in [-0.2, -0.15) is 5.10 Å². The zero-order valence-electron chi connectivity index (χ0n) is 9.99. The minimum absolute atomic E-state index is 0.582. The molecule has 0 fully saturated rings. The van der Waals surface area contributed by atoms with Crippen molar-refractivity contribution < 1.29 is 0 Å². The molecule has 0 spiro atoms. The minimum atomic E-state index is 0.582. The van der Waals surface area contributed by atoms with Crippen LogP contribution in [-0.2, 0) is 0 Å². The second kappa shape index (κ2) is 4.74. The monoisotopic (exact) mass is 270 g/mol. The molecule has 0 atom stereocenters. The number of nitrogens with two attached hydrogens (primary N) is 1. The van der Waals surface area contributed by atoms with Crippen LogP contribution in [0.2, 0.25) is 5.02 Å². The predicted molar refractivity (Wildman–Crippen MR) is 76.2 cm³/mol. The Labute approximate surface area is 115 Å². The molecule has 5 heteroatoms. The van der Waals surface area contributed by atoms with Gasteiger partial charge in [0, 0.05) is 11.2 Å². The van der Waals surface area contributed by atoms with E-state index in [4.69, 9.17) is 17.3 Å². The molecule has 2 aromatic heterocycles. The molecule has 0 bridgehead atoms. The summed E-state index contributed by atoms with van der Waals surface area (Å²) < 4.78 is 1.70. The number of nitrogen functional groups attached to an aromatic ring is 1. The van der Waals surface area contributed by atoms with Gasteiger partial charge in [-0.25, -0.2) is 4.68 Å². The molecule has 2 heterocycles. The van der Waals surface area contributed by atoms with Crippen molar-refractivity contribution in [2.24, 2.45) is 0 Å². The first-order valence-electron chi connectivity index (χ1n) is 5.76. The number of nitrogens with zero attached hydrogens (tertiary/aromatic N) is 3. The van der Waals surface area contributed by atoms with E-state index in [-0.39, 0.29) is 0 Å². The van der Waals surface area contributed by atoms with E-state index in [1.165, 1.54) is 0 Å². The van der Waals surface area contributed by atoms with E-state index >= 15 is 0 Å². The lowest BCUT2D eigenvalue weighted by molar-refractivity contribution is 0.882. The first-order chi connectivity index (χ1) is 9.24. The first-order valence-corrected chi connectivity index (χ1v) is 6.14. The van der Waals surface area contributed by atoms with Crippen LogP contribution in [0.3, 0.4) is 0 Å². The molecule has 94 valence electrons. The van der Waals surface area contributed by atoms with Gasteiger partial charge in [-0.3, -0.25) is 4.98 Å². The summed E-state index contributed by atoms with van der Waals surface area (Å²) in [6.07, 6.45) is 3.48. The molecule has 0 aliphatic carbocycles. The second-order valence-electron chi connectivity index (χ2n) is 4.07. The molecule has 0 saturated carbocycles. The standard InChI is InChI=1S/C14H11ClN4/c15-10-4-3-5-11(8-10)19-9-12(16)14(18-19)13-6-1-2-7-17-13/h1-9H,16H2. The smallest absolute Gasteiger partial charge is 0.134 e. The van der Waals surface area contributed by atoms with E-state index in [9.17, 15) is 0 Å². The van der Waals surface area contributed by atoms with Gasteiger partial charge < -0.3 is 5.73 Å². The average molecular weight is 271 g/mol. The van der Waals surface area contributed by atoms with Gasteiger partial charge in [0.1, 0.15) is 5.69 Å². The SMILES string of the molecule is Nc1cn(-c2cccc(Cl)c2)nc1-c1ccccn1. The van der Waals surface area contributed by atoms with Gasteiger partial charge in [-0.05, 0) is 30.3 Å². The zero-order chi connectivity index (χ0) is 13.2. The molecule has 0 radical (unpaired) electrons. The Morgan fingerprint density at radius 1 is 1.11 bits per heavy atom. The number of hydrogen-bond acceptors (Lipinski definition) is 3. The molecule has 0 aliphatic heterocycles. The number of benzene rings is 1. The lowest BCUT2D eigenvalue weighted by atomic mass is 10.2. The molecular formula is C14H11ClN4. The fourth-order valence-electron chi connectivity index (χ4n) is 1.84. The summed E-state index contributed by atoms with van der Waals surface area (Å²) >= 11 is 5.97. The normalized spacial score (nSPS) is 10.6. The van der Waals surface area contributed by atoms with Crippen molar-refractivity contribution in [2.75, 3.05) is 5.73 Å². The van der Waals surface area contributed by atoms with Gasteiger partial charge >= 0.3 is 0 Å². The predicted octanol–water partition coefficient (Wildman–Crippen LogP) is 3.17. The Morgan fingerprint density at radius 3 is 2.74 bits per heavy atom. The molecule has 19 heavy (non-hydrogen) atoms. The Bertz CT molecular complexity index is 706. The van der Waals surface area contributed by atoms with E-state index in [0.29, 0.717) is 16.4 Å². The molecule has 2 N–H and O–H groups in total. The number of aromatic nitrogens is 3. The Balaban J connectivity index is 2.07. The number of rotatable bonds is 2. The molecule has 4 nitrogen and oxygen atoms in total. The third kappa shape index (κ3) is 2.30. The van der Waals surface area contributed by atoms with Crippen LogP contribution in [0, 0.1) is 0 Å². The van der Waals surface area contributed by atoms with Gasteiger partial charge in [0.25, 0.3) is 0 Å². The second-order valence-corrected chi connectivity index (χ2v) is 4.51. The minimum Gasteiger partial charge on any atom is -0.396 e. The van der Waals surface area contributed by atoms with Crippen molar-refractivity contribution in [3.8, 4) is 17.1 Å². The fraction of sp³-hybridized carbons (Fsp3) is 0. The number of hydrogen-bond donors (Lipinski definition) is 1. The molecule has 0 unspecified atom stereocenters. The van der Waals surface area contributed by atoms with Crippen molar-refractivity contribution in [3.63, 3.8) is 0 Å². The summed E-state index contributed by atoms with van der Waals surface area (Å²) in [5.74, 6) is 0. The van der Waals surface area contributed by atoms with E-state index < -0.39 is 0 Å². The lowest BCUT2D eigenvalue weighted by Gasteiger charge is -2.01.